The lowest BCUT2D eigenvalue weighted by Crippen LogP contribution is -2.43. The van der Waals surface area contributed by atoms with E-state index in [-0.39, 0.29) is 11.8 Å². The summed E-state index contributed by atoms with van der Waals surface area (Å²) in [6.07, 6.45) is 4.28. The highest BCUT2D eigenvalue weighted by molar-refractivity contribution is 5.79. The monoisotopic (exact) mass is 289 g/mol. The summed E-state index contributed by atoms with van der Waals surface area (Å²) in [5.74, 6) is 0.289. The van der Waals surface area contributed by atoms with Crippen molar-refractivity contribution in [3.8, 4) is 0 Å². The first kappa shape index (κ1) is 16.0. The SMILES string of the molecule is NCCC(CNCc1ccccc1)C(=O)N1CCCCC1. The van der Waals surface area contributed by atoms with Crippen molar-refractivity contribution in [2.75, 3.05) is 26.2 Å². The van der Waals surface area contributed by atoms with E-state index in [9.17, 15) is 4.79 Å². The Hall–Kier alpha value is -1.39. The van der Waals surface area contributed by atoms with Gasteiger partial charge in [0.15, 0.2) is 0 Å². The van der Waals surface area contributed by atoms with E-state index in [0.29, 0.717) is 13.1 Å². The van der Waals surface area contributed by atoms with Crippen LogP contribution in [0.15, 0.2) is 30.3 Å². The standard InChI is InChI=1S/C17H27N3O/c18-10-9-16(17(21)20-11-5-2-6-12-20)14-19-13-15-7-3-1-4-8-15/h1,3-4,7-8,16,19H,2,5-6,9-14,18H2. The molecular formula is C17H27N3O. The molecule has 4 nitrogen and oxygen atoms in total. The molecule has 1 saturated heterocycles. The molecule has 0 aliphatic carbocycles. The summed E-state index contributed by atoms with van der Waals surface area (Å²) < 4.78 is 0. The first-order valence-corrected chi connectivity index (χ1v) is 8.04. The average Bonchev–Trinajstić information content (AvgIpc) is 2.55. The van der Waals surface area contributed by atoms with E-state index in [1.54, 1.807) is 0 Å². The molecule has 0 bridgehead atoms. The highest BCUT2D eigenvalue weighted by Gasteiger charge is 2.24. The number of rotatable bonds is 7. The fraction of sp³-hybridized carbons (Fsp3) is 0.588. The molecular weight excluding hydrogens is 262 g/mol. The number of piperidine rings is 1. The van der Waals surface area contributed by atoms with E-state index >= 15 is 0 Å². The van der Waals surface area contributed by atoms with Gasteiger partial charge in [-0.2, -0.15) is 0 Å². The van der Waals surface area contributed by atoms with Crippen LogP contribution in [0, 0.1) is 5.92 Å². The lowest BCUT2D eigenvalue weighted by Gasteiger charge is -2.30. The van der Waals surface area contributed by atoms with Crippen molar-refractivity contribution in [3.05, 3.63) is 35.9 Å². The molecule has 3 N–H and O–H groups in total. The number of nitrogens with two attached hydrogens (primary N) is 1. The second kappa shape index (κ2) is 8.80. The van der Waals surface area contributed by atoms with Crippen LogP contribution in [0.5, 0.6) is 0 Å². The second-order valence-corrected chi connectivity index (χ2v) is 5.78. The Morgan fingerprint density at radius 3 is 2.57 bits per heavy atom. The molecule has 0 radical (unpaired) electrons. The van der Waals surface area contributed by atoms with Gasteiger partial charge in [-0.3, -0.25) is 4.79 Å². The molecule has 1 amide bonds. The van der Waals surface area contributed by atoms with Crippen molar-refractivity contribution in [1.82, 2.24) is 10.2 Å². The fourth-order valence-electron chi connectivity index (χ4n) is 2.87. The largest absolute Gasteiger partial charge is 0.342 e. The zero-order chi connectivity index (χ0) is 14.9. The topological polar surface area (TPSA) is 58.4 Å². The number of hydrogen-bond acceptors (Lipinski definition) is 3. The van der Waals surface area contributed by atoms with Crippen molar-refractivity contribution >= 4 is 5.91 Å². The van der Waals surface area contributed by atoms with Crippen LogP contribution in [0.3, 0.4) is 0 Å². The normalized spacial score (nSPS) is 16.7. The molecule has 1 fully saturated rings. The summed E-state index contributed by atoms with van der Waals surface area (Å²) in [5, 5.41) is 3.40. The van der Waals surface area contributed by atoms with Crippen LogP contribution in [0.2, 0.25) is 0 Å². The Kier molecular flexibility index (Phi) is 6.70. The van der Waals surface area contributed by atoms with E-state index < -0.39 is 0 Å². The molecule has 1 aliphatic heterocycles. The molecule has 2 rings (SSSR count). The Labute approximate surface area is 127 Å². The van der Waals surface area contributed by atoms with Gasteiger partial charge in [0.05, 0.1) is 5.92 Å². The summed E-state index contributed by atoms with van der Waals surface area (Å²) >= 11 is 0. The molecule has 1 atom stereocenters. The molecule has 1 heterocycles. The van der Waals surface area contributed by atoms with Crippen LogP contribution in [-0.2, 0) is 11.3 Å². The molecule has 116 valence electrons. The number of benzene rings is 1. The van der Waals surface area contributed by atoms with E-state index in [1.807, 2.05) is 23.1 Å². The third-order valence-electron chi connectivity index (χ3n) is 4.09. The van der Waals surface area contributed by atoms with Gasteiger partial charge in [0, 0.05) is 26.2 Å². The maximum atomic E-state index is 12.6. The summed E-state index contributed by atoms with van der Waals surface area (Å²) in [6.45, 7) is 3.91. The molecule has 0 saturated carbocycles. The minimum atomic E-state index is 0.0109. The van der Waals surface area contributed by atoms with Crippen molar-refractivity contribution in [2.45, 2.75) is 32.2 Å². The number of carbonyl (C=O) groups excluding carboxylic acids is 1. The van der Waals surface area contributed by atoms with Crippen LogP contribution in [0.4, 0.5) is 0 Å². The first-order valence-electron chi connectivity index (χ1n) is 8.04. The Morgan fingerprint density at radius 1 is 1.19 bits per heavy atom. The van der Waals surface area contributed by atoms with Gasteiger partial charge < -0.3 is 16.0 Å². The highest BCUT2D eigenvalue weighted by Crippen LogP contribution is 2.14. The lowest BCUT2D eigenvalue weighted by atomic mass is 10.0. The van der Waals surface area contributed by atoms with E-state index in [2.05, 4.69) is 17.4 Å². The van der Waals surface area contributed by atoms with Crippen molar-refractivity contribution in [3.63, 3.8) is 0 Å². The second-order valence-electron chi connectivity index (χ2n) is 5.78. The van der Waals surface area contributed by atoms with Gasteiger partial charge in [0.1, 0.15) is 0 Å². The summed E-state index contributed by atoms with van der Waals surface area (Å²) in [7, 11) is 0. The number of hydrogen-bond donors (Lipinski definition) is 2. The third-order valence-corrected chi connectivity index (χ3v) is 4.09. The van der Waals surface area contributed by atoms with Crippen LogP contribution in [0.1, 0.15) is 31.2 Å². The third kappa shape index (κ3) is 5.14. The zero-order valence-electron chi connectivity index (χ0n) is 12.8. The Morgan fingerprint density at radius 2 is 1.90 bits per heavy atom. The Balaban J connectivity index is 1.81. The van der Waals surface area contributed by atoms with Crippen LogP contribution < -0.4 is 11.1 Å². The number of likely N-dealkylation sites (tertiary alicyclic amines) is 1. The first-order chi connectivity index (χ1) is 10.3. The average molecular weight is 289 g/mol. The molecule has 1 aromatic carbocycles. The Bertz CT molecular complexity index is 415. The van der Waals surface area contributed by atoms with Gasteiger partial charge in [-0.15, -0.1) is 0 Å². The van der Waals surface area contributed by atoms with Gasteiger partial charge in [-0.05, 0) is 37.8 Å². The van der Waals surface area contributed by atoms with Gasteiger partial charge in [0.25, 0.3) is 0 Å². The summed E-state index contributed by atoms with van der Waals surface area (Å²) in [5.41, 5.74) is 6.93. The minimum absolute atomic E-state index is 0.0109. The molecule has 1 aromatic rings. The van der Waals surface area contributed by atoms with Crippen LogP contribution in [-0.4, -0.2) is 37.0 Å². The van der Waals surface area contributed by atoms with Gasteiger partial charge in [-0.1, -0.05) is 30.3 Å². The quantitative estimate of drug-likeness (QED) is 0.804. The van der Waals surface area contributed by atoms with E-state index in [0.717, 1.165) is 38.9 Å². The molecule has 0 spiro atoms. The number of nitrogens with zero attached hydrogens (tertiary/aromatic N) is 1. The van der Waals surface area contributed by atoms with E-state index in [4.69, 9.17) is 5.73 Å². The lowest BCUT2D eigenvalue weighted by molar-refractivity contribution is -0.136. The minimum Gasteiger partial charge on any atom is -0.342 e. The predicted octanol–water partition coefficient (Wildman–Crippen LogP) is 1.75. The fourth-order valence-corrected chi connectivity index (χ4v) is 2.87. The smallest absolute Gasteiger partial charge is 0.227 e. The predicted molar refractivity (Wildman–Crippen MR) is 85.7 cm³/mol. The molecule has 1 aliphatic rings. The number of amides is 1. The van der Waals surface area contributed by atoms with Crippen molar-refractivity contribution in [1.29, 1.82) is 0 Å². The van der Waals surface area contributed by atoms with Crippen LogP contribution in [0.25, 0.3) is 0 Å². The van der Waals surface area contributed by atoms with Crippen molar-refractivity contribution in [2.24, 2.45) is 11.7 Å². The molecule has 0 aromatic heterocycles. The number of carbonyl (C=O) groups is 1. The molecule has 1 unspecified atom stereocenters. The number of nitrogens with one attached hydrogen (secondary N) is 1. The molecule has 21 heavy (non-hydrogen) atoms. The van der Waals surface area contributed by atoms with Gasteiger partial charge >= 0.3 is 0 Å². The molecule has 4 heteroatoms. The summed E-state index contributed by atoms with van der Waals surface area (Å²) in [6, 6.07) is 10.3. The van der Waals surface area contributed by atoms with Crippen LogP contribution >= 0.6 is 0 Å². The maximum Gasteiger partial charge on any atom is 0.227 e. The van der Waals surface area contributed by atoms with E-state index in [1.165, 1.54) is 12.0 Å². The maximum absolute atomic E-state index is 12.6. The van der Waals surface area contributed by atoms with Gasteiger partial charge in [-0.25, -0.2) is 0 Å². The zero-order valence-corrected chi connectivity index (χ0v) is 12.8. The van der Waals surface area contributed by atoms with Gasteiger partial charge in [0.2, 0.25) is 5.91 Å². The highest BCUT2D eigenvalue weighted by atomic mass is 16.2. The van der Waals surface area contributed by atoms with Crippen molar-refractivity contribution < 1.29 is 4.79 Å². The summed E-state index contributed by atoms with van der Waals surface area (Å²) in [4.78, 5) is 14.6.